The monoisotopic (exact) mass is 643 g/mol. The number of fused-ring (bicyclic) bond motifs is 5. The average molecular weight is 644 g/mol. The lowest BCUT2D eigenvalue weighted by Gasteiger charge is -2.43. The quantitative estimate of drug-likeness (QED) is 0.192. The first-order valence-corrected chi connectivity index (χ1v) is 16.6. The van der Waals surface area contributed by atoms with Crippen LogP contribution in [0.4, 0.5) is 0 Å². The van der Waals surface area contributed by atoms with E-state index in [2.05, 4.69) is 39.0 Å². The van der Waals surface area contributed by atoms with Crippen LogP contribution in [-0.2, 0) is 27.2 Å². The first-order valence-electron chi connectivity index (χ1n) is 16.6. The van der Waals surface area contributed by atoms with Gasteiger partial charge in [0.1, 0.15) is 23.2 Å². The maximum atomic E-state index is 14.5. The van der Waals surface area contributed by atoms with Gasteiger partial charge in [-0.3, -0.25) is 9.59 Å². The van der Waals surface area contributed by atoms with E-state index in [9.17, 15) is 24.6 Å². The molecule has 5 rings (SSSR count). The molecule has 47 heavy (non-hydrogen) atoms. The zero-order valence-corrected chi connectivity index (χ0v) is 29.0. The molecule has 4 N–H and O–H groups in total. The van der Waals surface area contributed by atoms with E-state index in [0.717, 1.165) is 29.5 Å². The van der Waals surface area contributed by atoms with E-state index in [0.29, 0.717) is 36.1 Å². The average Bonchev–Trinajstić information content (AvgIpc) is 3.22. The number of carboxylic acid groups (broad SMARTS) is 1. The second-order valence-corrected chi connectivity index (χ2v) is 15.1. The normalized spacial score (nSPS) is 28.6. The highest BCUT2D eigenvalue weighted by atomic mass is 16.6. The van der Waals surface area contributed by atoms with Crippen LogP contribution in [0.1, 0.15) is 108 Å². The van der Waals surface area contributed by atoms with Gasteiger partial charge in [0.25, 0.3) is 0 Å². The van der Waals surface area contributed by atoms with Crippen LogP contribution in [-0.4, -0.2) is 45.2 Å². The summed E-state index contributed by atoms with van der Waals surface area (Å²) in [6.45, 7) is 15.7. The molecular formula is C39H49NO7. The molecule has 0 spiro atoms. The molecule has 1 aromatic carbocycles. The molecule has 2 heterocycles. The number of phenolic OH excluding ortho intramolecular Hbond substituents is 1. The summed E-state index contributed by atoms with van der Waals surface area (Å²) >= 11 is 0. The molecule has 1 saturated heterocycles. The molecule has 0 radical (unpaired) electrons. The smallest absolute Gasteiger partial charge is 0.336 e. The number of carboxylic acids is 1. The van der Waals surface area contributed by atoms with Gasteiger partial charge in [0, 0.05) is 40.5 Å². The minimum Gasteiger partial charge on any atom is -0.506 e. The number of aromatic hydroxyl groups is 1. The van der Waals surface area contributed by atoms with Crippen LogP contribution in [0.5, 0.6) is 11.5 Å². The standard InChI is InChI=1S/C39H49NO7/c1-21(2)10-9-17-38(8)18-16-24-27(20-38)25(12-11-22(3)4)33-29(31(24)41)32(42)26-13-14-28-30(34(26)46-33)39(36(44)45,47-37(28,6)7)19-15-23(5)35(40)43/h10-11,13,15-16,18,28,30,34,41H,9,12,14,17,19-20H2,1-8H3,(H2,40,43)(H,44,45)/b23-15+. The van der Waals surface area contributed by atoms with Crippen molar-refractivity contribution in [1.82, 2.24) is 0 Å². The number of ketones is 1. The first kappa shape index (κ1) is 34.4. The molecule has 0 bridgehead atoms. The lowest BCUT2D eigenvalue weighted by atomic mass is 9.64. The summed E-state index contributed by atoms with van der Waals surface area (Å²) in [5, 5.41) is 22.6. The number of phenols is 1. The van der Waals surface area contributed by atoms with E-state index < -0.39 is 35.1 Å². The Kier molecular flexibility index (Phi) is 8.99. The number of aliphatic carboxylic acids is 1. The van der Waals surface area contributed by atoms with Gasteiger partial charge in [-0.05, 0) is 91.5 Å². The summed E-state index contributed by atoms with van der Waals surface area (Å²) in [5.74, 6) is -3.02. The Hall–Kier alpha value is -3.91. The van der Waals surface area contributed by atoms with Gasteiger partial charge in [0.2, 0.25) is 5.91 Å². The molecule has 1 amide bonds. The van der Waals surface area contributed by atoms with Crippen molar-refractivity contribution in [1.29, 1.82) is 0 Å². The minimum absolute atomic E-state index is 0.0995. The lowest BCUT2D eigenvalue weighted by molar-refractivity contribution is -0.177. The Bertz CT molecular complexity index is 1680. The molecule has 1 fully saturated rings. The molecule has 5 atom stereocenters. The van der Waals surface area contributed by atoms with Gasteiger partial charge in [-0.25, -0.2) is 4.79 Å². The molecule has 0 aromatic heterocycles. The van der Waals surface area contributed by atoms with E-state index >= 15 is 0 Å². The minimum atomic E-state index is -1.78. The maximum absolute atomic E-state index is 14.5. The van der Waals surface area contributed by atoms with Crippen LogP contribution < -0.4 is 10.5 Å². The van der Waals surface area contributed by atoms with E-state index in [-0.39, 0.29) is 40.4 Å². The summed E-state index contributed by atoms with van der Waals surface area (Å²) < 4.78 is 13.4. The number of Topliss-reactive ketones (excluding diaryl/α,β-unsaturated/α-hetero) is 1. The summed E-state index contributed by atoms with van der Waals surface area (Å²) in [6, 6.07) is 0. The Labute approximate surface area is 278 Å². The van der Waals surface area contributed by atoms with Gasteiger partial charge >= 0.3 is 5.97 Å². The Morgan fingerprint density at radius 1 is 1.06 bits per heavy atom. The van der Waals surface area contributed by atoms with Crippen molar-refractivity contribution in [2.24, 2.45) is 23.0 Å². The number of carbonyl (C=O) groups is 3. The Morgan fingerprint density at radius 3 is 2.36 bits per heavy atom. The molecule has 2 aliphatic carbocycles. The van der Waals surface area contributed by atoms with Crippen LogP contribution in [0.2, 0.25) is 0 Å². The van der Waals surface area contributed by atoms with E-state index in [1.165, 1.54) is 11.6 Å². The van der Waals surface area contributed by atoms with Gasteiger partial charge in [0.15, 0.2) is 11.4 Å². The molecule has 2 aliphatic heterocycles. The number of benzene rings is 1. The molecule has 252 valence electrons. The van der Waals surface area contributed by atoms with Crippen LogP contribution in [0.15, 0.2) is 52.7 Å². The van der Waals surface area contributed by atoms with Crippen LogP contribution in [0.25, 0.3) is 6.08 Å². The highest BCUT2D eigenvalue weighted by Crippen LogP contribution is 2.58. The van der Waals surface area contributed by atoms with Crippen LogP contribution >= 0.6 is 0 Å². The van der Waals surface area contributed by atoms with Crippen molar-refractivity contribution in [3.05, 3.63) is 74.9 Å². The predicted octanol–water partition coefficient (Wildman–Crippen LogP) is 7.18. The fourth-order valence-electron chi connectivity index (χ4n) is 8.00. The lowest BCUT2D eigenvalue weighted by Crippen LogP contribution is -2.54. The Morgan fingerprint density at radius 2 is 1.74 bits per heavy atom. The van der Waals surface area contributed by atoms with Gasteiger partial charge in [-0.2, -0.15) is 0 Å². The number of ether oxygens (including phenoxy) is 2. The van der Waals surface area contributed by atoms with Crippen LogP contribution in [0.3, 0.4) is 0 Å². The van der Waals surface area contributed by atoms with Crippen molar-refractivity contribution >= 4 is 23.7 Å². The molecule has 8 heteroatoms. The third kappa shape index (κ3) is 6.01. The van der Waals surface area contributed by atoms with Crippen molar-refractivity contribution in [3.63, 3.8) is 0 Å². The molecule has 0 saturated carbocycles. The second-order valence-electron chi connectivity index (χ2n) is 15.1. The fourth-order valence-corrected chi connectivity index (χ4v) is 8.00. The topological polar surface area (TPSA) is 136 Å². The predicted molar refractivity (Wildman–Crippen MR) is 182 cm³/mol. The van der Waals surface area contributed by atoms with Crippen molar-refractivity contribution < 1.29 is 34.1 Å². The van der Waals surface area contributed by atoms with Crippen LogP contribution in [0, 0.1) is 17.3 Å². The number of carbonyl (C=O) groups excluding carboxylic acids is 2. The number of allylic oxidation sites excluding steroid dienone is 6. The van der Waals surface area contributed by atoms with Crippen molar-refractivity contribution in [2.45, 2.75) is 111 Å². The first-order chi connectivity index (χ1) is 21.9. The number of rotatable bonds is 9. The van der Waals surface area contributed by atoms with Gasteiger partial charge in [0.05, 0.1) is 5.60 Å². The largest absolute Gasteiger partial charge is 0.506 e. The van der Waals surface area contributed by atoms with E-state index in [4.69, 9.17) is 15.2 Å². The summed E-state index contributed by atoms with van der Waals surface area (Å²) in [7, 11) is 0. The SMILES string of the molecule is CC(C)=CCCC1(C)C=Cc2c(O)c3c(c(CC=C(C)C)c2C1)OC1C(=CCC2C1C(C/C=C(\C)C(N)=O)(C(=O)O)OC2(C)C)C3=O. The zero-order chi connectivity index (χ0) is 34.6. The third-order valence-electron chi connectivity index (χ3n) is 10.6. The van der Waals surface area contributed by atoms with E-state index in [1.807, 2.05) is 39.8 Å². The molecule has 5 unspecified atom stereocenters. The maximum Gasteiger partial charge on any atom is 0.336 e. The highest BCUT2D eigenvalue weighted by Gasteiger charge is 2.67. The van der Waals surface area contributed by atoms with Gasteiger partial charge in [-0.15, -0.1) is 0 Å². The number of nitrogens with two attached hydrogens (primary N) is 1. The summed E-state index contributed by atoms with van der Waals surface area (Å²) in [4.78, 5) is 39.6. The van der Waals surface area contributed by atoms with E-state index in [1.54, 1.807) is 6.92 Å². The van der Waals surface area contributed by atoms with Gasteiger partial charge in [-0.1, -0.05) is 54.5 Å². The zero-order valence-electron chi connectivity index (χ0n) is 29.0. The number of hydrogen-bond donors (Lipinski definition) is 3. The molecule has 8 nitrogen and oxygen atoms in total. The number of primary amides is 1. The highest BCUT2D eigenvalue weighted by molar-refractivity contribution is 6.15. The molecule has 4 aliphatic rings. The third-order valence-corrected chi connectivity index (χ3v) is 10.6. The second kappa shape index (κ2) is 12.3. The summed E-state index contributed by atoms with van der Waals surface area (Å²) in [6.07, 6.45) is 14.1. The Balaban J connectivity index is 1.68. The molecular weight excluding hydrogens is 594 g/mol. The fraction of sp³-hybridized carbons (Fsp3) is 0.513. The number of amides is 1. The van der Waals surface area contributed by atoms with Crippen molar-refractivity contribution in [3.8, 4) is 11.5 Å². The number of hydrogen-bond acceptors (Lipinski definition) is 6. The molecule has 1 aromatic rings. The van der Waals surface area contributed by atoms with Gasteiger partial charge < -0.3 is 25.4 Å². The summed E-state index contributed by atoms with van der Waals surface area (Å²) in [5.41, 5.74) is 8.14. The van der Waals surface area contributed by atoms with Crippen molar-refractivity contribution in [2.75, 3.05) is 0 Å².